The third-order valence-corrected chi connectivity index (χ3v) is 2.58. The highest BCUT2D eigenvalue weighted by atomic mass is 16.3. The Bertz CT molecular complexity index is 612. The van der Waals surface area contributed by atoms with Crippen LogP contribution < -0.4 is 5.43 Å². The summed E-state index contributed by atoms with van der Waals surface area (Å²) in [6.07, 6.45) is 1.53. The summed E-state index contributed by atoms with van der Waals surface area (Å²) in [6, 6.07) is 7.77. The van der Waals surface area contributed by atoms with Crippen LogP contribution in [0.4, 0.5) is 0 Å². The summed E-state index contributed by atoms with van der Waals surface area (Å²) in [5.74, 6) is 1.32. The molecule has 1 aromatic heterocycles. The Morgan fingerprint density at radius 3 is 2.58 bits per heavy atom. The molecule has 0 saturated heterocycles. The molecule has 2 N–H and O–H groups in total. The van der Waals surface area contributed by atoms with Crippen molar-refractivity contribution in [1.29, 1.82) is 0 Å². The highest BCUT2D eigenvalue weighted by molar-refractivity contribution is 5.95. The van der Waals surface area contributed by atoms with Crippen LogP contribution in [0.2, 0.25) is 0 Å². The van der Waals surface area contributed by atoms with Crippen molar-refractivity contribution in [2.45, 2.75) is 13.8 Å². The van der Waals surface area contributed by atoms with Gasteiger partial charge in [-0.05, 0) is 44.2 Å². The molecular weight excluding hydrogens is 244 g/mol. The molecule has 98 valence electrons. The van der Waals surface area contributed by atoms with Crippen LogP contribution in [0.1, 0.15) is 27.4 Å². The van der Waals surface area contributed by atoms with Crippen LogP contribution in [0.25, 0.3) is 0 Å². The summed E-state index contributed by atoms with van der Waals surface area (Å²) in [7, 11) is 0. The van der Waals surface area contributed by atoms with Crippen LogP contribution in [0.3, 0.4) is 0 Å². The maximum atomic E-state index is 11.7. The lowest BCUT2D eigenvalue weighted by Gasteiger charge is -1.99. The van der Waals surface area contributed by atoms with Crippen molar-refractivity contribution in [3.8, 4) is 5.75 Å². The summed E-state index contributed by atoms with van der Waals surface area (Å²) in [6.45, 7) is 3.68. The average Bonchev–Trinajstić information content (AvgIpc) is 2.68. The average molecular weight is 258 g/mol. The van der Waals surface area contributed by atoms with Gasteiger partial charge in [0.25, 0.3) is 5.91 Å². The number of aromatic hydroxyl groups is 1. The van der Waals surface area contributed by atoms with Crippen molar-refractivity contribution in [3.63, 3.8) is 0 Å². The Balaban J connectivity index is 2.00. The molecular formula is C14H14N2O3. The number of hydrogen-bond acceptors (Lipinski definition) is 4. The summed E-state index contributed by atoms with van der Waals surface area (Å²) >= 11 is 0. The first-order valence-corrected chi connectivity index (χ1v) is 5.76. The molecule has 0 aliphatic rings. The molecule has 0 bridgehead atoms. The van der Waals surface area contributed by atoms with Crippen LogP contribution in [0, 0.1) is 13.8 Å². The lowest BCUT2D eigenvalue weighted by atomic mass is 10.2. The molecule has 0 fully saturated rings. The molecule has 0 aliphatic heterocycles. The van der Waals surface area contributed by atoms with Gasteiger partial charge in [-0.3, -0.25) is 4.79 Å². The number of aryl methyl sites for hydroxylation is 2. The number of amides is 1. The summed E-state index contributed by atoms with van der Waals surface area (Å²) < 4.78 is 5.34. The van der Waals surface area contributed by atoms with Gasteiger partial charge in [-0.2, -0.15) is 5.10 Å². The normalized spacial score (nSPS) is 10.8. The quantitative estimate of drug-likeness (QED) is 0.655. The highest BCUT2D eigenvalue weighted by Gasteiger charge is 2.04. The monoisotopic (exact) mass is 258 g/mol. The number of furan rings is 1. The van der Waals surface area contributed by atoms with Crippen LogP contribution in [-0.4, -0.2) is 17.2 Å². The molecule has 2 aromatic rings. The molecule has 1 heterocycles. The molecule has 5 heteroatoms. The number of carbonyl (C=O) groups is 1. The van der Waals surface area contributed by atoms with Crippen molar-refractivity contribution >= 4 is 12.1 Å². The predicted octanol–water partition coefficient (Wildman–Crippen LogP) is 2.37. The Morgan fingerprint density at radius 1 is 1.32 bits per heavy atom. The van der Waals surface area contributed by atoms with Crippen molar-refractivity contribution in [1.82, 2.24) is 5.43 Å². The van der Waals surface area contributed by atoms with Gasteiger partial charge in [-0.25, -0.2) is 5.43 Å². The number of hydrogen-bond donors (Lipinski definition) is 2. The van der Waals surface area contributed by atoms with Crippen LogP contribution in [-0.2, 0) is 0 Å². The second-order valence-corrected chi connectivity index (χ2v) is 4.11. The fourth-order valence-electron chi connectivity index (χ4n) is 1.62. The van der Waals surface area contributed by atoms with E-state index in [0.29, 0.717) is 5.56 Å². The van der Waals surface area contributed by atoms with E-state index in [2.05, 4.69) is 10.5 Å². The van der Waals surface area contributed by atoms with Gasteiger partial charge in [0, 0.05) is 11.1 Å². The van der Waals surface area contributed by atoms with Gasteiger partial charge >= 0.3 is 0 Å². The molecule has 1 amide bonds. The van der Waals surface area contributed by atoms with E-state index < -0.39 is 0 Å². The molecule has 0 spiro atoms. The fraction of sp³-hybridized carbons (Fsp3) is 0.143. The van der Waals surface area contributed by atoms with Gasteiger partial charge in [0.05, 0.1) is 6.21 Å². The molecule has 19 heavy (non-hydrogen) atoms. The molecule has 5 nitrogen and oxygen atoms in total. The molecule has 1 aromatic carbocycles. The van der Waals surface area contributed by atoms with Crippen molar-refractivity contribution in [3.05, 3.63) is 53.0 Å². The zero-order chi connectivity index (χ0) is 13.8. The Kier molecular flexibility index (Phi) is 3.66. The van der Waals surface area contributed by atoms with Gasteiger partial charge in [0.2, 0.25) is 0 Å². The summed E-state index contributed by atoms with van der Waals surface area (Å²) in [5, 5.41) is 13.0. The molecule has 2 rings (SSSR count). The van der Waals surface area contributed by atoms with E-state index in [-0.39, 0.29) is 11.7 Å². The molecule has 0 unspecified atom stereocenters. The Hall–Kier alpha value is -2.56. The number of phenolic OH excluding ortho intramolecular Hbond substituents is 1. The lowest BCUT2D eigenvalue weighted by Crippen LogP contribution is -2.17. The van der Waals surface area contributed by atoms with Crippen LogP contribution >= 0.6 is 0 Å². The van der Waals surface area contributed by atoms with Crippen molar-refractivity contribution in [2.24, 2.45) is 5.10 Å². The number of carbonyl (C=O) groups excluding carboxylic acids is 1. The van der Waals surface area contributed by atoms with Gasteiger partial charge in [-0.1, -0.05) is 0 Å². The summed E-state index contributed by atoms with van der Waals surface area (Å²) in [4.78, 5) is 11.7. The van der Waals surface area contributed by atoms with Crippen LogP contribution in [0.5, 0.6) is 5.75 Å². The third-order valence-electron chi connectivity index (χ3n) is 2.58. The minimum absolute atomic E-state index is 0.115. The Morgan fingerprint density at radius 2 is 2.00 bits per heavy atom. The van der Waals surface area contributed by atoms with E-state index in [0.717, 1.165) is 17.1 Å². The third kappa shape index (κ3) is 3.22. The van der Waals surface area contributed by atoms with E-state index in [9.17, 15) is 4.79 Å². The fourth-order valence-corrected chi connectivity index (χ4v) is 1.62. The van der Waals surface area contributed by atoms with E-state index in [1.807, 2.05) is 19.9 Å². The maximum absolute atomic E-state index is 11.7. The first-order chi connectivity index (χ1) is 9.06. The standard InChI is InChI=1S/C14H14N2O3/c1-9-7-12(10(2)19-9)8-15-16-14(18)11-3-5-13(17)6-4-11/h3-8,17H,1-2H3,(H,16,18)/b15-8+. The molecule has 0 aliphatic carbocycles. The van der Waals surface area contributed by atoms with Crippen molar-refractivity contribution in [2.75, 3.05) is 0 Å². The number of hydrazone groups is 1. The SMILES string of the molecule is Cc1cc(/C=N/NC(=O)c2ccc(O)cc2)c(C)o1. The number of nitrogens with one attached hydrogen (secondary N) is 1. The Labute approximate surface area is 110 Å². The minimum Gasteiger partial charge on any atom is -0.508 e. The molecule has 0 radical (unpaired) electrons. The van der Waals surface area contributed by atoms with E-state index in [4.69, 9.17) is 9.52 Å². The van der Waals surface area contributed by atoms with Gasteiger partial charge in [0.15, 0.2) is 0 Å². The number of phenols is 1. The number of rotatable bonds is 3. The van der Waals surface area contributed by atoms with E-state index >= 15 is 0 Å². The van der Waals surface area contributed by atoms with Crippen LogP contribution in [0.15, 0.2) is 39.9 Å². The zero-order valence-corrected chi connectivity index (χ0v) is 10.7. The lowest BCUT2D eigenvalue weighted by molar-refractivity contribution is 0.0955. The topological polar surface area (TPSA) is 74.8 Å². The minimum atomic E-state index is -0.339. The van der Waals surface area contributed by atoms with Crippen molar-refractivity contribution < 1.29 is 14.3 Å². The largest absolute Gasteiger partial charge is 0.508 e. The number of nitrogens with zero attached hydrogens (tertiary/aromatic N) is 1. The van der Waals surface area contributed by atoms with Gasteiger partial charge in [0.1, 0.15) is 17.3 Å². The number of benzene rings is 1. The first-order valence-electron chi connectivity index (χ1n) is 5.76. The van der Waals surface area contributed by atoms with Gasteiger partial charge in [-0.15, -0.1) is 0 Å². The second-order valence-electron chi connectivity index (χ2n) is 4.11. The smallest absolute Gasteiger partial charge is 0.271 e. The highest BCUT2D eigenvalue weighted by Crippen LogP contribution is 2.11. The van der Waals surface area contributed by atoms with E-state index in [1.165, 1.54) is 30.5 Å². The first kappa shape index (κ1) is 12.9. The second kappa shape index (κ2) is 5.39. The summed E-state index contributed by atoms with van der Waals surface area (Å²) in [5.41, 5.74) is 3.66. The molecule has 0 saturated carbocycles. The predicted molar refractivity (Wildman–Crippen MR) is 71.3 cm³/mol. The molecule has 0 atom stereocenters. The zero-order valence-electron chi connectivity index (χ0n) is 10.7. The van der Waals surface area contributed by atoms with Gasteiger partial charge < -0.3 is 9.52 Å². The maximum Gasteiger partial charge on any atom is 0.271 e. The van der Waals surface area contributed by atoms with E-state index in [1.54, 1.807) is 0 Å².